The van der Waals surface area contributed by atoms with E-state index in [0.29, 0.717) is 12.1 Å². The molecule has 5 heteroatoms. The van der Waals surface area contributed by atoms with Crippen LogP contribution in [0.1, 0.15) is 40.9 Å². The van der Waals surface area contributed by atoms with Gasteiger partial charge in [-0.2, -0.15) is 5.10 Å². The minimum Gasteiger partial charge on any atom is -0.348 e. The van der Waals surface area contributed by atoms with Crippen molar-refractivity contribution in [1.82, 2.24) is 20.0 Å². The molecule has 4 rings (SSSR count). The van der Waals surface area contributed by atoms with Crippen LogP contribution in [-0.4, -0.2) is 33.7 Å². The molecule has 0 saturated carbocycles. The van der Waals surface area contributed by atoms with Gasteiger partial charge in [0.2, 0.25) is 0 Å². The molecule has 0 bridgehead atoms. The Morgan fingerprint density at radius 3 is 2.29 bits per heavy atom. The minimum atomic E-state index is -0.0612. The number of nitrogens with zero attached hydrogens (tertiary/aromatic N) is 3. The average Bonchev–Trinajstić information content (AvgIpc) is 3.40. The summed E-state index contributed by atoms with van der Waals surface area (Å²) in [5, 5.41) is 7.41. The second kappa shape index (κ2) is 11.4. The Bertz CT molecular complexity index is 1200. The molecule has 0 fully saturated rings. The molecule has 1 amide bonds. The number of carbonyl (C=O) groups excluding carboxylic acids is 1. The second-order valence-electron chi connectivity index (χ2n) is 8.36. The molecule has 0 atom stereocenters. The topological polar surface area (TPSA) is 50.2 Å². The van der Waals surface area contributed by atoms with Gasteiger partial charge in [0, 0.05) is 31.0 Å². The standard InChI is InChI=1S/C29H32N4O/c1-3-32(4-2)22-26-11-6-5-10-25(26)20-30-29(34)28-13-8-7-12-27(28)24-16-14-23(15-17-24)21-33-19-9-18-31-33/h5-19H,3-4,20-22H2,1-2H3,(H,30,34). The molecule has 1 heterocycles. The third kappa shape index (κ3) is 5.80. The first-order valence-electron chi connectivity index (χ1n) is 11.9. The minimum absolute atomic E-state index is 0.0612. The van der Waals surface area contributed by atoms with Crippen molar-refractivity contribution < 1.29 is 4.79 Å². The number of nitrogens with one attached hydrogen (secondary N) is 1. The summed E-state index contributed by atoms with van der Waals surface area (Å²) in [5.74, 6) is -0.0612. The smallest absolute Gasteiger partial charge is 0.252 e. The molecule has 0 spiro atoms. The maximum atomic E-state index is 13.2. The van der Waals surface area contributed by atoms with Crippen molar-refractivity contribution in [2.75, 3.05) is 13.1 Å². The SMILES string of the molecule is CCN(CC)Cc1ccccc1CNC(=O)c1ccccc1-c1ccc(Cn2cccn2)cc1. The van der Waals surface area contributed by atoms with Gasteiger partial charge in [-0.1, -0.05) is 80.6 Å². The summed E-state index contributed by atoms with van der Waals surface area (Å²) in [6.07, 6.45) is 3.74. The van der Waals surface area contributed by atoms with Gasteiger partial charge in [0.15, 0.2) is 0 Å². The van der Waals surface area contributed by atoms with Crippen LogP contribution in [0.15, 0.2) is 91.3 Å². The van der Waals surface area contributed by atoms with E-state index in [2.05, 4.69) is 71.6 Å². The number of aromatic nitrogens is 2. The van der Waals surface area contributed by atoms with E-state index in [-0.39, 0.29) is 5.91 Å². The Hall–Kier alpha value is -3.70. The number of amides is 1. The fraction of sp³-hybridized carbons (Fsp3) is 0.241. The highest BCUT2D eigenvalue weighted by Crippen LogP contribution is 2.24. The van der Waals surface area contributed by atoms with Gasteiger partial charge >= 0.3 is 0 Å². The summed E-state index contributed by atoms with van der Waals surface area (Å²) >= 11 is 0. The van der Waals surface area contributed by atoms with Crippen molar-refractivity contribution in [2.24, 2.45) is 0 Å². The predicted octanol–water partition coefficient (Wildman–Crippen LogP) is 5.37. The fourth-order valence-electron chi connectivity index (χ4n) is 4.15. The Labute approximate surface area is 202 Å². The lowest BCUT2D eigenvalue weighted by Gasteiger charge is -2.20. The largest absolute Gasteiger partial charge is 0.348 e. The molecular formula is C29H32N4O. The van der Waals surface area contributed by atoms with Crippen molar-refractivity contribution in [3.8, 4) is 11.1 Å². The maximum Gasteiger partial charge on any atom is 0.252 e. The number of carbonyl (C=O) groups is 1. The van der Waals surface area contributed by atoms with Crippen molar-refractivity contribution in [2.45, 2.75) is 33.5 Å². The van der Waals surface area contributed by atoms with Crippen LogP contribution in [0.3, 0.4) is 0 Å². The lowest BCUT2D eigenvalue weighted by molar-refractivity contribution is 0.0951. The molecule has 174 valence electrons. The number of benzene rings is 3. The zero-order valence-corrected chi connectivity index (χ0v) is 19.9. The Morgan fingerprint density at radius 2 is 1.59 bits per heavy atom. The molecular weight excluding hydrogens is 420 g/mol. The maximum absolute atomic E-state index is 13.2. The van der Waals surface area contributed by atoms with E-state index < -0.39 is 0 Å². The van der Waals surface area contributed by atoms with Crippen LogP contribution in [0.2, 0.25) is 0 Å². The fourth-order valence-corrected chi connectivity index (χ4v) is 4.15. The monoisotopic (exact) mass is 452 g/mol. The van der Waals surface area contributed by atoms with Gasteiger partial charge in [-0.05, 0) is 53.0 Å². The normalized spacial score (nSPS) is 11.0. The molecule has 0 aliphatic rings. The second-order valence-corrected chi connectivity index (χ2v) is 8.36. The molecule has 0 saturated heterocycles. The first-order valence-corrected chi connectivity index (χ1v) is 11.9. The van der Waals surface area contributed by atoms with Crippen LogP contribution in [0.5, 0.6) is 0 Å². The summed E-state index contributed by atoms with van der Waals surface area (Å²) in [6, 6.07) is 26.4. The van der Waals surface area contributed by atoms with Crippen molar-refractivity contribution >= 4 is 5.91 Å². The van der Waals surface area contributed by atoms with Crippen LogP contribution < -0.4 is 5.32 Å². The van der Waals surface area contributed by atoms with Crippen LogP contribution in [0.25, 0.3) is 11.1 Å². The van der Waals surface area contributed by atoms with Crippen LogP contribution in [0, 0.1) is 0 Å². The van der Waals surface area contributed by atoms with Gasteiger partial charge in [0.1, 0.15) is 0 Å². The lowest BCUT2D eigenvalue weighted by atomic mass is 9.98. The molecule has 34 heavy (non-hydrogen) atoms. The highest BCUT2D eigenvalue weighted by Gasteiger charge is 2.13. The van der Waals surface area contributed by atoms with E-state index >= 15 is 0 Å². The molecule has 0 unspecified atom stereocenters. The summed E-state index contributed by atoms with van der Waals surface area (Å²) in [6.45, 7) is 8.48. The highest BCUT2D eigenvalue weighted by atomic mass is 16.1. The molecule has 3 aromatic carbocycles. The van der Waals surface area contributed by atoms with Crippen molar-refractivity contribution in [3.63, 3.8) is 0 Å². The van der Waals surface area contributed by atoms with Gasteiger partial charge in [0.05, 0.1) is 6.54 Å². The zero-order chi connectivity index (χ0) is 23.8. The van der Waals surface area contributed by atoms with E-state index in [9.17, 15) is 4.79 Å². The number of hydrogen-bond donors (Lipinski definition) is 1. The van der Waals surface area contributed by atoms with E-state index in [1.807, 2.05) is 47.3 Å². The van der Waals surface area contributed by atoms with Gasteiger partial charge in [-0.3, -0.25) is 14.4 Å². The van der Waals surface area contributed by atoms with Gasteiger partial charge in [0.25, 0.3) is 5.91 Å². The Kier molecular flexibility index (Phi) is 7.89. The van der Waals surface area contributed by atoms with Crippen molar-refractivity contribution in [1.29, 1.82) is 0 Å². The molecule has 0 aliphatic carbocycles. The summed E-state index contributed by atoms with van der Waals surface area (Å²) in [7, 11) is 0. The van der Waals surface area contributed by atoms with Gasteiger partial charge in [-0.25, -0.2) is 0 Å². The number of hydrogen-bond acceptors (Lipinski definition) is 3. The molecule has 1 N–H and O–H groups in total. The van der Waals surface area contributed by atoms with Crippen molar-refractivity contribution in [3.05, 3.63) is 114 Å². The quantitative estimate of drug-likeness (QED) is 0.352. The molecule has 0 aliphatic heterocycles. The van der Waals surface area contributed by atoms with E-state index in [4.69, 9.17) is 0 Å². The predicted molar refractivity (Wildman–Crippen MR) is 137 cm³/mol. The molecule has 5 nitrogen and oxygen atoms in total. The van der Waals surface area contributed by atoms with Crippen LogP contribution >= 0.6 is 0 Å². The van der Waals surface area contributed by atoms with E-state index in [1.165, 1.54) is 11.1 Å². The zero-order valence-electron chi connectivity index (χ0n) is 19.9. The van der Waals surface area contributed by atoms with Gasteiger partial charge in [-0.15, -0.1) is 0 Å². The van der Waals surface area contributed by atoms with E-state index in [0.717, 1.165) is 42.9 Å². The van der Waals surface area contributed by atoms with E-state index in [1.54, 1.807) is 6.20 Å². The first kappa shape index (κ1) is 23.5. The summed E-state index contributed by atoms with van der Waals surface area (Å²) in [4.78, 5) is 15.6. The lowest BCUT2D eigenvalue weighted by Crippen LogP contribution is -2.26. The van der Waals surface area contributed by atoms with Gasteiger partial charge < -0.3 is 5.32 Å². The third-order valence-corrected chi connectivity index (χ3v) is 6.19. The van der Waals surface area contributed by atoms with Crippen LogP contribution in [0.4, 0.5) is 0 Å². The molecule has 1 aromatic heterocycles. The first-order chi connectivity index (χ1) is 16.7. The molecule has 0 radical (unpaired) electrons. The Balaban J connectivity index is 1.47. The molecule has 4 aromatic rings. The summed E-state index contributed by atoms with van der Waals surface area (Å²) < 4.78 is 1.90. The van der Waals surface area contributed by atoms with Crippen LogP contribution in [-0.2, 0) is 19.6 Å². The summed E-state index contributed by atoms with van der Waals surface area (Å²) in [5.41, 5.74) is 6.22. The Morgan fingerprint density at radius 1 is 0.882 bits per heavy atom. The highest BCUT2D eigenvalue weighted by molar-refractivity contribution is 6.00. The third-order valence-electron chi connectivity index (χ3n) is 6.19. The number of rotatable bonds is 10. The average molecular weight is 453 g/mol.